The number of carboxylic acid groups (broad SMARTS) is 1. The van der Waals surface area contributed by atoms with Crippen LogP contribution in [0.15, 0.2) is 36.7 Å². The van der Waals surface area contributed by atoms with E-state index in [0.717, 1.165) is 12.8 Å². The number of hydrogen-bond acceptors (Lipinski definition) is 5. The first-order chi connectivity index (χ1) is 11.5. The third-order valence-electron chi connectivity index (χ3n) is 3.39. The predicted molar refractivity (Wildman–Crippen MR) is 94.0 cm³/mol. The Kier molecular flexibility index (Phi) is 6.14. The number of rotatable bonds is 8. The molecule has 0 saturated carbocycles. The molecule has 0 unspecified atom stereocenters. The number of thiol groups is 1. The van der Waals surface area contributed by atoms with Crippen molar-refractivity contribution >= 4 is 28.2 Å². The van der Waals surface area contributed by atoms with Crippen LogP contribution in [0.2, 0.25) is 0 Å². The lowest BCUT2D eigenvalue weighted by atomic mass is 10.00. The second-order valence-electron chi connectivity index (χ2n) is 5.14. The molecular formula is C16H19N3O4S. The molecule has 0 aliphatic carbocycles. The van der Waals surface area contributed by atoms with Gasteiger partial charge in [-0.15, -0.1) is 0 Å². The summed E-state index contributed by atoms with van der Waals surface area (Å²) >= 11 is 0. The molecule has 2 aromatic rings. The van der Waals surface area contributed by atoms with Crippen LogP contribution in [-0.2, 0) is 10.9 Å². The molecule has 8 heteroatoms. The first kappa shape index (κ1) is 17.7. The molecule has 0 saturated heterocycles. The highest BCUT2D eigenvalue weighted by molar-refractivity contribution is 7.73. The molecule has 0 spiro atoms. The SMILES string of the molecule is CCCCNc1cc(C(=O)O)cc(N[SH](=O)=O)c1-c1cccnc1. The zero-order valence-electron chi connectivity index (χ0n) is 13.2. The Labute approximate surface area is 141 Å². The quantitative estimate of drug-likeness (QED) is 0.431. The van der Waals surface area contributed by atoms with Crippen molar-refractivity contribution < 1.29 is 18.3 Å². The lowest BCUT2D eigenvalue weighted by Crippen LogP contribution is -2.08. The number of nitrogens with zero attached hydrogens (tertiary/aromatic N) is 1. The van der Waals surface area contributed by atoms with E-state index in [0.29, 0.717) is 23.4 Å². The summed E-state index contributed by atoms with van der Waals surface area (Å²) in [4.78, 5) is 15.4. The number of pyridine rings is 1. The van der Waals surface area contributed by atoms with E-state index in [2.05, 4.69) is 15.0 Å². The normalized spacial score (nSPS) is 10.6. The molecule has 3 N–H and O–H groups in total. The van der Waals surface area contributed by atoms with Crippen molar-refractivity contribution in [1.82, 2.24) is 4.98 Å². The molecule has 0 fully saturated rings. The molecule has 2 rings (SSSR count). The van der Waals surface area contributed by atoms with E-state index in [-0.39, 0.29) is 11.3 Å². The minimum Gasteiger partial charge on any atom is -0.478 e. The Bertz CT molecular complexity index is 783. The second kappa shape index (κ2) is 8.30. The number of carbonyl (C=O) groups is 1. The third kappa shape index (κ3) is 4.45. The summed E-state index contributed by atoms with van der Waals surface area (Å²) in [6, 6.07) is 6.33. The largest absolute Gasteiger partial charge is 0.478 e. The number of hydrogen-bond donors (Lipinski definition) is 4. The van der Waals surface area contributed by atoms with Crippen LogP contribution in [-0.4, -0.2) is 31.0 Å². The lowest BCUT2D eigenvalue weighted by molar-refractivity contribution is 0.0697. The number of nitrogens with one attached hydrogen (secondary N) is 2. The van der Waals surface area contributed by atoms with Crippen LogP contribution in [0.5, 0.6) is 0 Å². The van der Waals surface area contributed by atoms with Gasteiger partial charge in [0.1, 0.15) is 0 Å². The molecule has 7 nitrogen and oxygen atoms in total. The summed E-state index contributed by atoms with van der Waals surface area (Å²) in [5, 5.41) is 12.5. The molecule has 0 radical (unpaired) electrons. The van der Waals surface area contributed by atoms with Crippen LogP contribution in [0.3, 0.4) is 0 Å². The van der Waals surface area contributed by atoms with E-state index >= 15 is 0 Å². The molecule has 0 aliphatic heterocycles. The van der Waals surface area contributed by atoms with Crippen LogP contribution in [0, 0.1) is 0 Å². The Morgan fingerprint density at radius 2 is 2.04 bits per heavy atom. The zero-order valence-corrected chi connectivity index (χ0v) is 14.0. The van der Waals surface area contributed by atoms with Crippen molar-refractivity contribution in [2.45, 2.75) is 19.8 Å². The van der Waals surface area contributed by atoms with Crippen LogP contribution in [0.1, 0.15) is 30.1 Å². The monoisotopic (exact) mass is 349 g/mol. The molecule has 0 amide bonds. The van der Waals surface area contributed by atoms with Crippen molar-refractivity contribution in [1.29, 1.82) is 0 Å². The molecule has 1 aromatic carbocycles. The highest BCUT2D eigenvalue weighted by atomic mass is 32.2. The van der Waals surface area contributed by atoms with Gasteiger partial charge in [-0.3, -0.25) is 9.71 Å². The Morgan fingerprint density at radius 1 is 1.29 bits per heavy atom. The Balaban J connectivity index is 2.62. The fraction of sp³-hybridized carbons (Fsp3) is 0.250. The predicted octanol–water partition coefficient (Wildman–Crippen LogP) is 2.60. The van der Waals surface area contributed by atoms with E-state index in [1.54, 1.807) is 24.5 Å². The first-order valence-electron chi connectivity index (χ1n) is 7.49. The Morgan fingerprint density at radius 3 is 2.62 bits per heavy atom. The Hall–Kier alpha value is -2.61. The van der Waals surface area contributed by atoms with Crippen LogP contribution in [0.25, 0.3) is 11.1 Å². The van der Waals surface area contributed by atoms with E-state index in [1.165, 1.54) is 12.1 Å². The van der Waals surface area contributed by atoms with Gasteiger partial charge in [0, 0.05) is 35.8 Å². The van der Waals surface area contributed by atoms with Crippen molar-refractivity contribution in [2.75, 3.05) is 16.6 Å². The fourth-order valence-corrected chi connectivity index (χ4v) is 2.69. The number of aromatic carboxylic acids is 1. The summed E-state index contributed by atoms with van der Waals surface area (Å²) < 4.78 is 24.6. The molecule has 0 aliphatic rings. The molecule has 24 heavy (non-hydrogen) atoms. The van der Waals surface area contributed by atoms with Gasteiger partial charge in [0.15, 0.2) is 0 Å². The second-order valence-corrected chi connectivity index (χ2v) is 5.88. The van der Waals surface area contributed by atoms with Gasteiger partial charge in [-0.25, -0.2) is 13.2 Å². The molecular weight excluding hydrogens is 330 g/mol. The third-order valence-corrected chi connectivity index (χ3v) is 3.82. The molecule has 1 aromatic heterocycles. The molecule has 0 bridgehead atoms. The summed E-state index contributed by atoms with van der Waals surface area (Å²) in [6.07, 6.45) is 5.10. The lowest BCUT2D eigenvalue weighted by Gasteiger charge is -2.17. The van der Waals surface area contributed by atoms with Gasteiger partial charge in [0.25, 0.3) is 0 Å². The van der Waals surface area contributed by atoms with E-state index < -0.39 is 16.9 Å². The fourth-order valence-electron chi connectivity index (χ4n) is 2.31. The smallest absolute Gasteiger partial charge is 0.335 e. The number of aromatic nitrogens is 1. The summed E-state index contributed by atoms with van der Waals surface area (Å²) in [7, 11) is -2.93. The van der Waals surface area contributed by atoms with E-state index in [4.69, 9.17) is 0 Å². The van der Waals surface area contributed by atoms with Gasteiger partial charge in [0.05, 0.1) is 11.3 Å². The number of benzene rings is 1. The standard InChI is InChI=1S/C16H19N3O4S/c1-2-3-7-18-13-8-12(16(20)21)9-14(19-24(22)23)15(13)11-5-4-6-17-10-11/h4-6,8-10,18,24H,2-3,7H2,1H3,(H,20,21)(H,19,22,23). The average Bonchev–Trinajstić information content (AvgIpc) is 2.55. The van der Waals surface area contributed by atoms with Crippen LogP contribution < -0.4 is 10.0 Å². The minimum atomic E-state index is -2.93. The van der Waals surface area contributed by atoms with Crippen LogP contribution in [0.4, 0.5) is 11.4 Å². The summed E-state index contributed by atoms with van der Waals surface area (Å²) in [6.45, 7) is 2.70. The van der Waals surface area contributed by atoms with E-state index in [1.807, 2.05) is 6.92 Å². The number of unbranched alkanes of at least 4 members (excludes halogenated alkanes) is 1. The van der Waals surface area contributed by atoms with Crippen molar-refractivity contribution in [2.24, 2.45) is 0 Å². The molecule has 128 valence electrons. The maximum atomic E-state index is 11.4. The molecule has 1 heterocycles. The summed E-state index contributed by atoms with van der Waals surface area (Å²) in [5.74, 6) is -1.13. The van der Waals surface area contributed by atoms with E-state index in [9.17, 15) is 18.3 Å². The zero-order chi connectivity index (χ0) is 17.5. The molecule has 0 atom stereocenters. The maximum Gasteiger partial charge on any atom is 0.335 e. The number of anilines is 2. The average molecular weight is 349 g/mol. The highest BCUT2D eigenvalue weighted by Gasteiger charge is 2.16. The maximum absolute atomic E-state index is 11.4. The highest BCUT2D eigenvalue weighted by Crippen LogP contribution is 2.36. The number of carboxylic acids is 1. The van der Waals surface area contributed by atoms with Gasteiger partial charge >= 0.3 is 5.97 Å². The first-order valence-corrected chi connectivity index (χ1v) is 8.67. The van der Waals surface area contributed by atoms with Crippen molar-refractivity contribution in [3.05, 3.63) is 42.2 Å². The van der Waals surface area contributed by atoms with Gasteiger partial charge in [-0.05, 0) is 24.6 Å². The van der Waals surface area contributed by atoms with Gasteiger partial charge in [0.2, 0.25) is 10.9 Å². The van der Waals surface area contributed by atoms with Gasteiger partial charge in [-0.1, -0.05) is 19.4 Å². The minimum absolute atomic E-state index is 0.000916. The topological polar surface area (TPSA) is 108 Å². The van der Waals surface area contributed by atoms with Crippen molar-refractivity contribution in [3.63, 3.8) is 0 Å². The van der Waals surface area contributed by atoms with Crippen molar-refractivity contribution in [3.8, 4) is 11.1 Å². The van der Waals surface area contributed by atoms with Gasteiger partial charge < -0.3 is 10.4 Å². The summed E-state index contributed by atoms with van der Waals surface area (Å²) in [5.41, 5.74) is 2.02. The van der Waals surface area contributed by atoms with Crippen LogP contribution >= 0.6 is 0 Å². The van der Waals surface area contributed by atoms with Gasteiger partial charge in [-0.2, -0.15) is 0 Å².